The molecule has 27 heavy (non-hydrogen) atoms. The molecule has 4 rings (SSSR count). The van der Waals surface area contributed by atoms with E-state index in [1.165, 1.54) is 18.2 Å². The number of fused-ring (bicyclic) bond motifs is 1. The third-order valence-electron chi connectivity index (χ3n) is 3.69. The van der Waals surface area contributed by atoms with Crippen molar-refractivity contribution in [2.24, 2.45) is 0 Å². The summed E-state index contributed by atoms with van der Waals surface area (Å²) in [4.78, 5) is 8.92. The highest BCUT2D eigenvalue weighted by Gasteiger charge is 2.19. The summed E-state index contributed by atoms with van der Waals surface area (Å²) < 4.78 is 27.9. The van der Waals surface area contributed by atoms with Crippen molar-refractivity contribution >= 4 is 49.7 Å². The Labute approximate surface area is 159 Å². The molecule has 0 aliphatic heterocycles. The molecule has 0 radical (unpaired) electrons. The Kier molecular flexibility index (Phi) is 4.38. The topological polar surface area (TPSA) is 104 Å². The van der Waals surface area contributed by atoms with Crippen molar-refractivity contribution in [1.82, 2.24) is 9.97 Å². The molecule has 0 unspecified atom stereocenters. The van der Waals surface area contributed by atoms with Gasteiger partial charge in [0.05, 0.1) is 11.0 Å². The van der Waals surface area contributed by atoms with Crippen LogP contribution >= 0.6 is 11.3 Å². The highest BCUT2D eigenvalue weighted by molar-refractivity contribution is 7.94. The molecular formula is C18H14N4O3S2. The average molecular weight is 398 g/mol. The maximum atomic E-state index is 12.6. The van der Waals surface area contributed by atoms with Crippen LogP contribution in [0.15, 0.2) is 70.3 Å². The zero-order valence-electron chi connectivity index (χ0n) is 13.8. The standard InChI is InChI=1S/C18H14N4O3S2/c23-13-9-7-12(8-10-13)19-17-18(21-15-5-2-1-4-14(15)20-17)22-27(24,25)16-6-3-11-26-16/h1-11,23H,(H,19,20)(H,21,22). The van der Waals surface area contributed by atoms with Crippen molar-refractivity contribution in [3.05, 3.63) is 66.0 Å². The van der Waals surface area contributed by atoms with Crippen molar-refractivity contribution in [2.45, 2.75) is 4.21 Å². The molecule has 0 fully saturated rings. The first-order valence-corrected chi connectivity index (χ1v) is 10.3. The number of thiophene rings is 1. The molecule has 0 aliphatic rings. The lowest BCUT2D eigenvalue weighted by Crippen LogP contribution is -2.15. The molecule has 0 aliphatic carbocycles. The summed E-state index contributed by atoms with van der Waals surface area (Å²) in [7, 11) is -3.77. The number of sulfonamides is 1. The van der Waals surface area contributed by atoms with Crippen LogP contribution in [0.1, 0.15) is 0 Å². The lowest BCUT2D eigenvalue weighted by atomic mass is 10.3. The van der Waals surface area contributed by atoms with Gasteiger partial charge in [-0.2, -0.15) is 0 Å². The Morgan fingerprint density at radius 2 is 1.52 bits per heavy atom. The quantitative estimate of drug-likeness (QED) is 0.440. The van der Waals surface area contributed by atoms with Gasteiger partial charge in [-0.15, -0.1) is 11.3 Å². The number of aromatic nitrogens is 2. The van der Waals surface area contributed by atoms with Gasteiger partial charge in [-0.3, -0.25) is 4.72 Å². The van der Waals surface area contributed by atoms with Gasteiger partial charge >= 0.3 is 0 Å². The van der Waals surface area contributed by atoms with E-state index in [4.69, 9.17) is 0 Å². The molecule has 0 saturated heterocycles. The lowest BCUT2D eigenvalue weighted by Gasteiger charge is -2.13. The molecule has 0 saturated carbocycles. The zero-order chi connectivity index (χ0) is 18.9. The van der Waals surface area contributed by atoms with E-state index in [1.54, 1.807) is 35.7 Å². The van der Waals surface area contributed by atoms with E-state index in [9.17, 15) is 13.5 Å². The van der Waals surface area contributed by atoms with Crippen molar-refractivity contribution in [3.63, 3.8) is 0 Å². The van der Waals surface area contributed by atoms with Crippen LogP contribution in [0.4, 0.5) is 17.3 Å². The number of nitrogens with zero attached hydrogens (tertiary/aromatic N) is 2. The van der Waals surface area contributed by atoms with Gasteiger partial charge < -0.3 is 10.4 Å². The van der Waals surface area contributed by atoms with E-state index in [0.29, 0.717) is 16.7 Å². The molecule has 7 nitrogen and oxygen atoms in total. The van der Waals surface area contributed by atoms with Crippen molar-refractivity contribution < 1.29 is 13.5 Å². The molecular weight excluding hydrogens is 384 g/mol. The Bertz CT molecular complexity index is 1190. The van der Waals surface area contributed by atoms with Crippen LogP contribution in [0, 0.1) is 0 Å². The Morgan fingerprint density at radius 1 is 0.852 bits per heavy atom. The summed E-state index contributed by atoms with van der Waals surface area (Å²) in [5.41, 5.74) is 1.82. The van der Waals surface area contributed by atoms with E-state index in [2.05, 4.69) is 20.0 Å². The van der Waals surface area contributed by atoms with E-state index in [0.717, 1.165) is 11.3 Å². The molecule has 2 aromatic heterocycles. The molecule has 3 N–H and O–H groups in total. The minimum atomic E-state index is -3.77. The van der Waals surface area contributed by atoms with Crippen molar-refractivity contribution in [3.8, 4) is 5.75 Å². The fraction of sp³-hybridized carbons (Fsp3) is 0. The normalized spacial score (nSPS) is 11.4. The monoisotopic (exact) mass is 398 g/mol. The van der Waals surface area contributed by atoms with Gasteiger partial charge in [0.15, 0.2) is 11.6 Å². The second-order valence-corrected chi connectivity index (χ2v) is 8.48. The highest BCUT2D eigenvalue weighted by atomic mass is 32.2. The van der Waals surface area contributed by atoms with Gasteiger partial charge in [-0.25, -0.2) is 18.4 Å². The third-order valence-corrected chi connectivity index (χ3v) is 6.43. The van der Waals surface area contributed by atoms with Crippen LogP contribution in [0.5, 0.6) is 5.75 Å². The summed E-state index contributed by atoms with van der Waals surface area (Å²) in [5, 5.41) is 14.2. The fourth-order valence-electron chi connectivity index (χ4n) is 2.43. The number of anilines is 3. The number of benzene rings is 2. The average Bonchev–Trinajstić information content (AvgIpc) is 3.19. The SMILES string of the molecule is O=S(=O)(Nc1nc2ccccc2nc1Nc1ccc(O)cc1)c1cccs1. The van der Waals surface area contributed by atoms with Crippen LogP contribution in [-0.4, -0.2) is 23.5 Å². The smallest absolute Gasteiger partial charge is 0.272 e. The Hall–Kier alpha value is -3.17. The first-order valence-electron chi connectivity index (χ1n) is 7.90. The molecule has 0 spiro atoms. The van der Waals surface area contributed by atoms with E-state index in [-0.39, 0.29) is 21.6 Å². The lowest BCUT2D eigenvalue weighted by molar-refractivity contribution is 0.475. The van der Waals surface area contributed by atoms with E-state index in [1.807, 2.05) is 12.1 Å². The van der Waals surface area contributed by atoms with Gasteiger partial charge in [0.25, 0.3) is 10.0 Å². The number of hydrogen-bond donors (Lipinski definition) is 3. The summed E-state index contributed by atoms with van der Waals surface area (Å²) in [6, 6.07) is 16.7. The molecule has 9 heteroatoms. The molecule has 0 bridgehead atoms. The summed E-state index contributed by atoms with van der Waals surface area (Å²) >= 11 is 1.12. The van der Waals surface area contributed by atoms with Gasteiger partial charge in [0.2, 0.25) is 0 Å². The second-order valence-electron chi connectivity index (χ2n) is 5.62. The Balaban J connectivity index is 1.78. The zero-order valence-corrected chi connectivity index (χ0v) is 15.5. The molecule has 136 valence electrons. The summed E-state index contributed by atoms with van der Waals surface area (Å²) in [6.45, 7) is 0. The minimum Gasteiger partial charge on any atom is -0.508 e. The van der Waals surface area contributed by atoms with Gasteiger partial charge in [-0.05, 0) is 47.8 Å². The number of rotatable bonds is 5. The number of phenolic OH excluding ortho intramolecular Hbond substituents is 1. The number of hydrogen-bond acceptors (Lipinski definition) is 7. The van der Waals surface area contributed by atoms with Crippen LogP contribution in [0.2, 0.25) is 0 Å². The molecule has 2 heterocycles. The molecule has 4 aromatic rings. The van der Waals surface area contributed by atoms with E-state index >= 15 is 0 Å². The molecule has 0 amide bonds. The predicted molar refractivity (Wildman–Crippen MR) is 106 cm³/mol. The highest BCUT2D eigenvalue weighted by Crippen LogP contribution is 2.28. The van der Waals surface area contributed by atoms with E-state index < -0.39 is 10.0 Å². The predicted octanol–water partition coefficient (Wildman–Crippen LogP) is 3.94. The fourth-order valence-corrected chi connectivity index (χ4v) is 4.44. The Morgan fingerprint density at radius 3 is 2.15 bits per heavy atom. The summed E-state index contributed by atoms with van der Waals surface area (Å²) in [6.07, 6.45) is 0. The largest absolute Gasteiger partial charge is 0.508 e. The van der Waals surface area contributed by atoms with Gasteiger partial charge in [0, 0.05) is 5.69 Å². The van der Waals surface area contributed by atoms with Crippen molar-refractivity contribution in [2.75, 3.05) is 10.0 Å². The van der Waals surface area contributed by atoms with Crippen LogP contribution in [-0.2, 0) is 10.0 Å². The van der Waals surface area contributed by atoms with Gasteiger partial charge in [-0.1, -0.05) is 18.2 Å². The maximum Gasteiger partial charge on any atom is 0.272 e. The van der Waals surface area contributed by atoms with Crippen LogP contribution in [0.25, 0.3) is 11.0 Å². The van der Waals surface area contributed by atoms with Crippen molar-refractivity contribution in [1.29, 1.82) is 0 Å². The minimum absolute atomic E-state index is 0.0928. The molecule has 0 atom stereocenters. The van der Waals surface area contributed by atoms with Gasteiger partial charge in [0.1, 0.15) is 9.96 Å². The second kappa shape index (κ2) is 6.86. The van der Waals surface area contributed by atoms with Crippen LogP contribution in [0.3, 0.4) is 0 Å². The number of phenols is 1. The molecule has 2 aromatic carbocycles. The number of nitrogens with one attached hydrogen (secondary N) is 2. The number of aromatic hydroxyl groups is 1. The first kappa shape index (κ1) is 17.3. The summed E-state index contributed by atoms with van der Waals surface area (Å²) in [5.74, 6) is 0.485. The number of para-hydroxylation sites is 2. The maximum absolute atomic E-state index is 12.6. The van der Waals surface area contributed by atoms with Crippen LogP contribution < -0.4 is 10.0 Å². The first-order chi connectivity index (χ1) is 13.0. The third kappa shape index (κ3) is 3.69.